The topological polar surface area (TPSA) is 46.5 Å². The van der Waals surface area contributed by atoms with Crippen LogP contribution >= 0.6 is 11.8 Å². The first kappa shape index (κ1) is 15.2. The van der Waals surface area contributed by atoms with E-state index < -0.39 is 5.97 Å². The molecule has 1 aliphatic heterocycles. The highest BCUT2D eigenvalue weighted by Crippen LogP contribution is 2.46. The molecule has 0 aromatic heterocycles. The summed E-state index contributed by atoms with van der Waals surface area (Å²) in [5.74, 6) is 0.468. The van der Waals surface area contributed by atoms with Crippen LogP contribution in [0, 0.1) is 23.7 Å². The highest BCUT2D eigenvalue weighted by Gasteiger charge is 2.43. The lowest BCUT2D eigenvalue weighted by molar-refractivity contribution is -0.145. The van der Waals surface area contributed by atoms with Crippen LogP contribution in [0.25, 0.3) is 0 Å². The van der Waals surface area contributed by atoms with Crippen LogP contribution in [0.15, 0.2) is 0 Å². The highest BCUT2D eigenvalue weighted by molar-refractivity contribution is 7.99. The van der Waals surface area contributed by atoms with E-state index in [1.54, 1.807) is 0 Å². The molecule has 2 aliphatic rings. The predicted molar refractivity (Wildman–Crippen MR) is 78.5 cm³/mol. The number of carboxylic acids is 1. The number of ether oxygens (including phenoxy) is 1. The van der Waals surface area contributed by atoms with E-state index in [0.29, 0.717) is 23.2 Å². The fourth-order valence-electron chi connectivity index (χ4n) is 3.91. The van der Waals surface area contributed by atoms with Crippen LogP contribution in [0.5, 0.6) is 0 Å². The molecule has 1 N–H and O–H groups in total. The predicted octanol–water partition coefficient (Wildman–Crippen LogP) is 3.28. The lowest BCUT2D eigenvalue weighted by atomic mass is 9.66. The van der Waals surface area contributed by atoms with Gasteiger partial charge >= 0.3 is 5.97 Å². The van der Waals surface area contributed by atoms with Gasteiger partial charge in [0.05, 0.1) is 18.6 Å². The van der Waals surface area contributed by atoms with Crippen molar-refractivity contribution in [3.8, 4) is 0 Å². The molecule has 19 heavy (non-hydrogen) atoms. The van der Waals surface area contributed by atoms with Crippen LogP contribution in [0.4, 0.5) is 0 Å². The highest BCUT2D eigenvalue weighted by atomic mass is 32.2. The maximum Gasteiger partial charge on any atom is 0.306 e. The van der Waals surface area contributed by atoms with Crippen molar-refractivity contribution in [2.75, 3.05) is 12.9 Å². The van der Waals surface area contributed by atoms with Gasteiger partial charge in [0, 0.05) is 5.25 Å². The lowest BCUT2D eigenvalue weighted by Gasteiger charge is -2.43. The van der Waals surface area contributed by atoms with E-state index in [2.05, 4.69) is 13.2 Å². The van der Waals surface area contributed by atoms with E-state index in [9.17, 15) is 9.90 Å². The molecule has 6 atom stereocenters. The fourth-order valence-corrected chi connectivity index (χ4v) is 4.97. The first-order valence-electron chi connectivity index (χ1n) is 7.41. The van der Waals surface area contributed by atoms with Crippen molar-refractivity contribution in [3.63, 3.8) is 0 Å². The Bertz CT molecular complexity index is 321. The van der Waals surface area contributed by atoms with Crippen LogP contribution in [0.3, 0.4) is 0 Å². The van der Waals surface area contributed by atoms with E-state index in [4.69, 9.17) is 4.74 Å². The van der Waals surface area contributed by atoms with Crippen molar-refractivity contribution >= 4 is 17.7 Å². The molecule has 0 spiro atoms. The monoisotopic (exact) mass is 286 g/mol. The van der Waals surface area contributed by atoms with Gasteiger partial charge in [-0.3, -0.25) is 4.79 Å². The summed E-state index contributed by atoms with van der Waals surface area (Å²) in [5, 5.41) is 10.0. The van der Waals surface area contributed by atoms with E-state index in [-0.39, 0.29) is 11.8 Å². The Morgan fingerprint density at radius 1 is 1.26 bits per heavy atom. The van der Waals surface area contributed by atoms with E-state index >= 15 is 0 Å². The van der Waals surface area contributed by atoms with Gasteiger partial charge in [-0.05, 0) is 56.6 Å². The van der Waals surface area contributed by atoms with Gasteiger partial charge in [-0.1, -0.05) is 6.92 Å². The van der Waals surface area contributed by atoms with Gasteiger partial charge in [0.25, 0.3) is 0 Å². The van der Waals surface area contributed by atoms with E-state index in [1.165, 1.54) is 12.8 Å². The molecule has 1 heterocycles. The minimum absolute atomic E-state index is 0.243. The third kappa shape index (κ3) is 3.27. The number of fused-ring (bicyclic) bond motifs is 1. The van der Waals surface area contributed by atoms with Crippen molar-refractivity contribution in [1.82, 2.24) is 0 Å². The Kier molecular flexibility index (Phi) is 5.18. The van der Waals surface area contributed by atoms with Gasteiger partial charge in [0.15, 0.2) is 0 Å². The lowest BCUT2D eigenvalue weighted by Crippen LogP contribution is -2.42. The van der Waals surface area contributed by atoms with Gasteiger partial charge in [0.1, 0.15) is 0 Å². The molecule has 4 heteroatoms. The molecule has 2 fully saturated rings. The van der Waals surface area contributed by atoms with E-state index in [0.717, 1.165) is 19.4 Å². The second-order valence-corrected chi connectivity index (χ2v) is 7.27. The third-order valence-corrected chi connectivity index (χ3v) is 6.37. The number of aliphatic carboxylic acids is 1. The van der Waals surface area contributed by atoms with Crippen molar-refractivity contribution in [2.45, 2.75) is 50.9 Å². The quantitative estimate of drug-likeness (QED) is 0.865. The van der Waals surface area contributed by atoms with Crippen LogP contribution in [-0.4, -0.2) is 35.3 Å². The summed E-state index contributed by atoms with van der Waals surface area (Å²) < 4.78 is 5.92. The molecule has 2 unspecified atom stereocenters. The second-order valence-electron chi connectivity index (χ2n) is 6.19. The van der Waals surface area contributed by atoms with Crippen molar-refractivity contribution in [3.05, 3.63) is 0 Å². The Labute approximate surface area is 120 Å². The molecule has 0 aromatic rings. The molecule has 0 amide bonds. The minimum Gasteiger partial charge on any atom is -0.481 e. The molecule has 2 rings (SSSR count). The number of hydrogen-bond acceptors (Lipinski definition) is 3. The summed E-state index contributed by atoms with van der Waals surface area (Å²) in [7, 11) is 0. The average Bonchev–Trinajstić information content (AvgIpc) is 2.59. The SMILES string of the molecule is CS[C@@H]1CC[C@@H]([C@@H](C)C(=O)O)C2CO[C@@H](C)CCC21. The molecule has 1 aliphatic carbocycles. The largest absolute Gasteiger partial charge is 0.481 e. The molecule has 1 saturated heterocycles. The summed E-state index contributed by atoms with van der Waals surface area (Å²) in [4.78, 5) is 11.3. The third-order valence-electron chi connectivity index (χ3n) is 5.18. The molecule has 0 radical (unpaired) electrons. The number of carbonyl (C=O) groups is 1. The van der Waals surface area contributed by atoms with Crippen LogP contribution in [0.2, 0.25) is 0 Å². The zero-order chi connectivity index (χ0) is 14.0. The zero-order valence-electron chi connectivity index (χ0n) is 12.2. The first-order chi connectivity index (χ1) is 9.04. The summed E-state index contributed by atoms with van der Waals surface area (Å²) in [5.41, 5.74) is 0. The van der Waals surface area contributed by atoms with Crippen molar-refractivity contribution in [2.24, 2.45) is 23.7 Å². The Hall–Kier alpha value is -0.220. The van der Waals surface area contributed by atoms with Gasteiger partial charge in [-0.2, -0.15) is 11.8 Å². The number of hydrogen-bond donors (Lipinski definition) is 1. The molecule has 0 bridgehead atoms. The number of rotatable bonds is 3. The van der Waals surface area contributed by atoms with Crippen molar-refractivity contribution < 1.29 is 14.6 Å². The number of carboxylic acid groups (broad SMARTS) is 1. The van der Waals surface area contributed by atoms with Crippen LogP contribution in [0.1, 0.15) is 39.5 Å². The normalized spacial score (nSPS) is 41.1. The molecule has 3 nitrogen and oxygen atoms in total. The standard InChI is InChI=1S/C15H26O3S/c1-9-4-5-12-13(8-18-9)11(10(2)15(16)17)6-7-14(12)19-3/h9-14H,4-8H2,1-3H3,(H,16,17)/t9-,10+,11-,12?,13?,14+/m0/s1. The summed E-state index contributed by atoms with van der Waals surface area (Å²) >= 11 is 1.96. The minimum atomic E-state index is -0.649. The van der Waals surface area contributed by atoms with Gasteiger partial charge < -0.3 is 9.84 Å². The van der Waals surface area contributed by atoms with Crippen molar-refractivity contribution in [1.29, 1.82) is 0 Å². The second kappa shape index (κ2) is 6.49. The smallest absolute Gasteiger partial charge is 0.306 e. The molecule has 1 saturated carbocycles. The molecule has 110 valence electrons. The van der Waals surface area contributed by atoms with Gasteiger partial charge in [0.2, 0.25) is 0 Å². The Morgan fingerprint density at radius 3 is 2.63 bits per heavy atom. The maximum atomic E-state index is 11.3. The first-order valence-corrected chi connectivity index (χ1v) is 8.70. The van der Waals surface area contributed by atoms with Crippen LogP contribution < -0.4 is 0 Å². The molecule has 0 aromatic carbocycles. The Balaban J connectivity index is 2.17. The van der Waals surface area contributed by atoms with Gasteiger partial charge in [-0.25, -0.2) is 0 Å². The molecular weight excluding hydrogens is 260 g/mol. The summed E-state index contributed by atoms with van der Waals surface area (Å²) in [6, 6.07) is 0. The van der Waals surface area contributed by atoms with Gasteiger partial charge in [-0.15, -0.1) is 0 Å². The Morgan fingerprint density at radius 2 is 2.00 bits per heavy atom. The summed E-state index contributed by atoms with van der Waals surface area (Å²) in [6.45, 7) is 4.77. The van der Waals surface area contributed by atoms with E-state index in [1.807, 2.05) is 18.7 Å². The molecular formula is C15H26O3S. The fraction of sp³-hybridized carbons (Fsp3) is 0.933. The average molecular weight is 286 g/mol. The zero-order valence-corrected chi connectivity index (χ0v) is 13.0. The maximum absolute atomic E-state index is 11.3. The number of thioether (sulfide) groups is 1. The van der Waals surface area contributed by atoms with Crippen LogP contribution in [-0.2, 0) is 9.53 Å². The summed E-state index contributed by atoms with van der Waals surface area (Å²) in [6.07, 6.45) is 7.04.